The van der Waals surface area contributed by atoms with Gasteiger partial charge >= 0.3 is 5.97 Å². The van der Waals surface area contributed by atoms with E-state index < -0.39 is 27.8 Å². The van der Waals surface area contributed by atoms with Crippen molar-refractivity contribution in [3.8, 4) is 5.75 Å². The number of nitrogens with zero attached hydrogens (tertiary/aromatic N) is 1. The Kier molecular flexibility index (Phi) is 8.00. The van der Waals surface area contributed by atoms with E-state index in [1.54, 1.807) is 29.2 Å². The van der Waals surface area contributed by atoms with Gasteiger partial charge in [-0.25, -0.2) is 13.2 Å². The van der Waals surface area contributed by atoms with Crippen LogP contribution in [-0.4, -0.2) is 61.7 Å². The summed E-state index contributed by atoms with van der Waals surface area (Å²) in [5, 5.41) is 12.4. The molecule has 2 aliphatic rings. The van der Waals surface area contributed by atoms with Gasteiger partial charge in [0.25, 0.3) is 11.8 Å². The number of amides is 2. The molecule has 0 saturated heterocycles. The van der Waals surface area contributed by atoms with Gasteiger partial charge in [-0.15, -0.1) is 0 Å². The topological polar surface area (TPSA) is 130 Å². The van der Waals surface area contributed by atoms with Gasteiger partial charge in [-0.05, 0) is 59.0 Å². The van der Waals surface area contributed by atoms with Crippen molar-refractivity contribution in [1.82, 2.24) is 10.2 Å². The first-order valence-electron chi connectivity index (χ1n) is 12.8. The van der Waals surface area contributed by atoms with Gasteiger partial charge < -0.3 is 20.1 Å². The zero-order valence-corrected chi connectivity index (χ0v) is 24.3. The van der Waals surface area contributed by atoms with Gasteiger partial charge in [0.1, 0.15) is 11.8 Å². The number of aliphatic carboxylic acids is 1. The number of halogens is 2. The fourth-order valence-corrected chi connectivity index (χ4v) is 6.54. The van der Waals surface area contributed by atoms with Crippen LogP contribution in [0.25, 0.3) is 0 Å². The summed E-state index contributed by atoms with van der Waals surface area (Å²) >= 11 is 13.1. The van der Waals surface area contributed by atoms with E-state index >= 15 is 0 Å². The van der Waals surface area contributed by atoms with E-state index in [1.165, 1.54) is 18.2 Å². The molecule has 3 aromatic carbocycles. The maximum atomic E-state index is 13.2. The molecule has 5 rings (SSSR count). The molecule has 0 radical (unpaired) electrons. The number of hydrogen-bond acceptors (Lipinski definition) is 6. The Morgan fingerprint density at radius 2 is 1.85 bits per heavy atom. The summed E-state index contributed by atoms with van der Waals surface area (Å²) in [6, 6.07) is 11.5. The van der Waals surface area contributed by atoms with Crippen molar-refractivity contribution in [1.29, 1.82) is 0 Å². The molecule has 1 unspecified atom stereocenters. The Labute approximate surface area is 246 Å². The highest BCUT2D eigenvalue weighted by atomic mass is 35.5. The second-order valence-electron chi connectivity index (χ2n) is 10.1. The first kappa shape index (κ1) is 28.9. The molecular formula is C29H26Cl2N2O7S. The molecule has 2 amide bonds. The van der Waals surface area contributed by atoms with Gasteiger partial charge in [0.2, 0.25) is 0 Å². The normalized spacial score (nSPS) is 15.0. The number of carboxylic acids is 1. The van der Waals surface area contributed by atoms with Crippen LogP contribution in [0, 0.1) is 0 Å². The zero-order chi connectivity index (χ0) is 29.5. The Morgan fingerprint density at radius 1 is 1.07 bits per heavy atom. The molecule has 41 heavy (non-hydrogen) atoms. The Balaban J connectivity index is 1.34. The van der Waals surface area contributed by atoms with Crippen LogP contribution in [0.2, 0.25) is 10.0 Å². The first-order valence-corrected chi connectivity index (χ1v) is 15.4. The average Bonchev–Trinajstić information content (AvgIpc) is 3.39. The van der Waals surface area contributed by atoms with Crippen LogP contribution in [-0.2, 0) is 40.4 Å². The number of ether oxygens (including phenoxy) is 1. The highest BCUT2D eigenvalue weighted by Crippen LogP contribution is 2.35. The van der Waals surface area contributed by atoms with Gasteiger partial charge in [0, 0.05) is 37.8 Å². The van der Waals surface area contributed by atoms with Gasteiger partial charge in [-0.1, -0.05) is 41.4 Å². The van der Waals surface area contributed by atoms with Crippen LogP contribution in [0.3, 0.4) is 0 Å². The van der Waals surface area contributed by atoms with Crippen molar-refractivity contribution < 1.29 is 32.6 Å². The molecule has 2 N–H and O–H groups in total. The third-order valence-electron chi connectivity index (χ3n) is 7.23. The van der Waals surface area contributed by atoms with Gasteiger partial charge in [-0.2, -0.15) is 0 Å². The lowest BCUT2D eigenvalue weighted by atomic mass is 9.95. The monoisotopic (exact) mass is 616 g/mol. The van der Waals surface area contributed by atoms with E-state index in [4.69, 9.17) is 27.9 Å². The number of sulfone groups is 1. The number of hydrogen-bond donors (Lipinski definition) is 2. The van der Waals surface area contributed by atoms with E-state index in [0.29, 0.717) is 41.8 Å². The standard InChI is InChI=1S/C29H26Cl2N2O7S/c1-41(38,39)20-4-2-3-16(11-20)12-23(29(36)37)32-27(34)25-22(30)13-19-15-33(9-7-21(19)26(25)31)28(35)18-6-5-17-8-10-40-24(17)14-18/h2-6,11,13-14,23H,7-10,12,15H2,1H3,(H,32,34)(H,36,37). The van der Waals surface area contributed by atoms with Gasteiger partial charge in [0.05, 0.1) is 27.1 Å². The molecule has 1 atom stereocenters. The third-order valence-corrected chi connectivity index (χ3v) is 9.06. The molecule has 0 saturated carbocycles. The summed E-state index contributed by atoms with van der Waals surface area (Å²) in [5.41, 5.74) is 3.31. The average molecular weight is 618 g/mol. The minimum absolute atomic E-state index is 0.0229. The first-order chi connectivity index (χ1) is 19.4. The predicted molar refractivity (Wildman–Crippen MR) is 153 cm³/mol. The molecule has 2 heterocycles. The van der Waals surface area contributed by atoms with Crippen molar-refractivity contribution in [2.45, 2.75) is 36.7 Å². The quantitative estimate of drug-likeness (QED) is 0.411. The highest BCUT2D eigenvalue weighted by molar-refractivity contribution is 7.90. The van der Waals surface area contributed by atoms with Crippen molar-refractivity contribution in [3.05, 3.63) is 92.0 Å². The summed E-state index contributed by atoms with van der Waals surface area (Å²) in [5.74, 6) is -1.52. The molecule has 214 valence electrons. The summed E-state index contributed by atoms with van der Waals surface area (Å²) in [7, 11) is -3.50. The lowest BCUT2D eigenvalue weighted by molar-refractivity contribution is -0.139. The molecule has 12 heteroatoms. The molecule has 3 aromatic rings. The number of carbonyl (C=O) groups is 3. The van der Waals surface area contributed by atoms with E-state index in [2.05, 4.69) is 5.32 Å². The molecule has 0 bridgehead atoms. The van der Waals surface area contributed by atoms with E-state index in [-0.39, 0.29) is 39.4 Å². The lowest BCUT2D eigenvalue weighted by Crippen LogP contribution is -2.42. The molecular weight excluding hydrogens is 591 g/mol. The number of fused-ring (bicyclic) bond motifs is 2. The number of carboxylic acid groups (broad SMARTS) is 1. The maximum Gasteiger partial charge on any atom is 0.326 e. The van der Waals surface area contributed by atoms with Crippen molar-refractivity contribution in [2.75, 3.05) is 19.4 Å². The van der Waals surface area contributed by atoms with Crippen LogP contribution in [0.5, 0.6) is 5.75 Å². The van der Waals surface area contributed by atoms with Gasteiger partial charge in [-0.3, -0.25) is 9.59 Å². The summed E-state index contributed by atoms with van der Waals surface area (Å²) in [4.78, 5) is 40.2. The molecule has 0 aliphatic carbocycles. The Hall–Kier alpha value is -3.60. The number of benzene rings is 3. The fraction of sp³-hybridized carbons (Fsp3) is 0.276. The SMILES string of the molecule is CS(=O)(=O)c1cccc(CC(NC(=O)c2c(Cl)cc3c(c2Cl)CCN(C(=O)c2ccc4c(c2)OCC4)C3)C(=O)O)c1. The zero-order valence-electron chi connectivity index (χ0n) is 21.9. The molecule has 0 fully saturated rings. The van der Waals surface area contributed by atoms with Crippen LogP contribution in [0.4, 0.5) is 0 Å². The fourth-order valence-electron chi connectivity index (χ4n) is 5.08. The van der Waals surface area contributed by atoms with Crippen molar-refractivity contribution >= 4 is 50.8 Å². The molecule has 9 nitrogen and oxygen atoms in total. The molecule has 0 aromatic heterocycles. The van der Waals surface area contributed by atoms with Crippen LogP contribution < -0.4 is 10.1 Å². The summed E-state index contributed by atoms with van der Waals surface area (Å²) in [6.45, 7) is 1.20. The summed E-state index contributed by atoms with van der Waals surface area (Å²) < 4.78 is 29.4. The largest absolute Gasteiger partial charge is 0.493 e. The Morgan fingerprint density at radius 3 is 2.59 bits per heavy atom. The minimum Gasteiger partial charge on any atom is -0.493 e. The van der Waals surface area contributed by atoms with Crippen LogP contribution in [0.1, 0.15) is 43.0 Å². The van der Waals surface area contributed by atoms with Crippen LogP contribution in [0.15, 0.2) is 53.4 Å². The summed E-state index contributed by atoms with van der Waals surface area (Å²) in [6.07, 6.45) is 2.09. The second-order valence-corrected chi connectivity index (χ2v) is 12.9. The van der Waals surface area contributed by atoms with Crippen LogP contribution >= 0.6 is 23.2 Å². The molecule has 0 spiro atoms. The lowest BCUT2D eigenvalue weighted by Gasteiger charge is -2.30. The number of nitrogens with one attached hydrogen (secondary N) is 1. The smallest absolute Gasteiger partial charge is 0.326 e. The molecule has 2 aliphatic heterocycles. The highest BCUT2D eigenvalue weighted by Gasteiger charge is 2.30. The number of rotatable bonds is 7. The maximum absolute atomic E-state index is 13.2. The van der Waals surface area contributed by atoms with E-state index in [1.807, 2.05) is 6.07 Å². The van der Waals surface area contributed by atoms with E-state index in [0.717, 1.165) is 24.0 Å². The minimum atomic E-state index is -3.50. The van der Waals surface area contributed by atoms with Gasteiger partial charge in [0.15, 0.2) is 9.84 Å². The number of carbonyl (C=O) groups excluding carboxylic acids is 2. The third kappa shape index (κ3) is 6.05. The van der Waals surface area contributed by atoms with Crippen molar-refractivity contribution in [3.63, 3.8) is 0 Å². The van der Waals surface area contributed by atoms with Crippen molar-refractivity contribution in [2.24, 2.45) is 0 Å². The predicted octanol–water partition coefficient (Wildman–Crippen LogP) is 3.96. The Bertz CT molecular complexity index is 1690. The second kappa shape index (κ2) is 11.3. The van der Waals surface area contributed by atoms with E-state index in [9.17, 15) is 27.9 Å².